The van der Waals surface area contributed by atoms with Gasteiger partial charge < -0.3 is 4.52 Å². The van der Waals surface area contributed by atoms with Crippen molar-refractivity contribution in [2.75, 3.05) is 0 Å². The summed E-state index contributed by atoms with van der Waals surface area (Å²) in [6, 6.07) is 20.6. The fraction of sp³-hybridized carbons (Fsp3) is 0.0526. The van der Waals surface area contributed by atoms with Crippen molar-refractivity contribution in [2.45, 2.75) is 6.16 Å². The van der Waals surface area contributed by atoms with Gasteiger partial charge in [0.25, 0.3) is 7.37 Å². The molecule has 0 saturated carbocycles. The van der Waals surface area contributed by atoms with Crippen molar-refractivity contribution in [1.29, 1.82) is 0 Å². The zero-order valence-electron chi connectivity index (χ0n) is 12.7. The van der Waals surface area contributed by atoms with E-state index in [9.17, 15) is 13.3 Å². The largest absolute Gasteiger partial charge is 0.440 e. The van der Waals surface area contributed by atoms with E-state index in [1.165, 1.54) is 6.07 Å². The van der Waals surface area contributed by atoms with Crippen molar-refractivity contribution in [1.82, 2.24) is 0 Å². The number of rotatable bonds is 5. The second kappa shape index (κ2) is 6.98. The maximum absolute atomic E-state index is 14.0. The fourth-order valence-corrected chi connectivity index (χ4v) is 4.50. The van der Waals surface area contributed by atoms with Crippen LogP contribution in [0.5, 0.6) is 5.75 Å². The highest BCUT2D eigenvalue weighted by molar-refractivity contribution is 7.66. The zero-order valence-corrected chi connectivity index (χ0v) is 13.6. The van der Waals surface area contributed by atoms with Crippen LogP contribution in [-0.2, 0) is 10.7 Å². The molecular formula is C19H15F2O2P. The van der Waals surface area contributed by atoms with E-state index in [0.717, 1.165) is 12.1 Å². The molecule has 5 heteroatoms. The Morgan fingerprint density at radius 2 is 1.46 bits per heavy atom. The molecule has 0 spiro atoms. The summed E-state index contributed by atoms with van der Waals surface area (Å²) in [5.74, 6) is -0.968. The van der Waals surface area contributed by atoms with Gasteiger partial charge in [-0.1, -0.05) is 42.5 Å². The van der Waals surface area contributed by atoms with Gasteiger partial charge in [0.1, 0.15) is 17.4 Å². The SMILES string of the molecule is O=P(Cc1ccc(F)cc1F)(Oc1ccccc1)c1ccccc1. The van der Waals surface area contributed by atoms with E-state index in [-0.39, 0.29) is 11.7 Å². The number of halogens is 2. The third kappa shape index (κ3) is 3.72. The Morgan fingerprint density at radius 1 is 0.833 bits per heavy atom. The summed E-state index contributed by atoms with van der Waals surface area (Å²) in [6.07, 6.45) is -0.155. The molecule has 24 heavy (non-hydrogen) atoms. The van der Waals surface area contributed by atoms with Crippen molar-refractivity contribution in [2.24, 2.45) is 0 Å². The first kappa shape index (κ1) is 16.4. The van der Waals surface area contributed by atoms with Crippen LogP contribution in [0.4, 0.5) is 8.78 Å². The van der Waals surface area contributed by atoms with Crippen LogP contribution in [0.3, 0.4) is 0 Å². The highest BCUT2D eigenvalue weighted by Gasteiger charge is 2.29. The molecule has 3 aromatic rings. The quantitative estimate of drug-likeness (QED) is 0.599. The molecule has 0 saturated heterocycles. The maximum atomic E-state index is 14.0. The van der Waals surface area contributed by atoms with Gasteiger partial charge in [-0.25, -0.2) is 8.78 Å². The second-order valence-electron chi connectivity index (χ2n) is 5.31. The second-order valence-corrected chi connectivity index (χ2v) is 7.67. The molecule has 0 bridgehead atoms. The van der Waals surface area contributed by atoms with Crippen LogP contribution in [0.1, 0.15) is 5.56 Å². The third-order valence-corrected chi connectivity index (χ3v) is 5.89. The Bertz CT molecular complexity index is 867. The van der Waals surface area contributed by atoms with Crippen molar-refractivity contribution < 1.29 is 17.9 Å². The van der Waals surface area contributed by atoms with Gasteiger partial charge in [0.05, 0.1) is 6.16 Å². The highest BCUT2D eigenvalue weighted by atomic mass is 31.2. The first-order valence-corrected chi connectivity index (χ1v) is 9.21. The van der Waals surface area contributed by atoms with Crippen molar-refractivity contribution in [3.8, 4) is 5.75 Å². The van der Waals surface area contributed by atoms with Crippen LogP contribution < -0.4 is 9.83 Å². The summed E-state index contributed by atoms with van der Waals surface area (Å²) in [7, 11) is -3.42. The molecule has 0 fully saturated rings. The molecule has 1 unspecified atom stereocenters. The van der Waals surface area contributed by atoms with E-state index in [0.29, 0.717) is 11.1 Å². The van der Waals surface area contributed by atoms with Crippen LogP contribution in [0.2, 0.25) is 0 Å². The standard InChI is InChI=1S/C19H15F2O2P/c20-16-12-11-15(19(21)13-16)14-24(22,18-9-5-2-6-10-18)23-17-7-3-1-4-8-17/h1-13H,14H2. The molecule has 0 aliphatic carbocycles. The van der Waals surface area contributed by atoms with Crippen LogP contribution >= 0.6 is 7.37 Å². The molecule has 3 rings (SSSR count). The predicted octanol–water partition coefficient (Wildman–Crippen LogP) is 5.15. The van der Waals surface area contributed by atoms with Gasteiger partial charge in [-0.2, -0.15) is 0 Å². The number of benzene rings is 3. The van der Waals surface area contributed by atoms with Crippen molar-refractivity contribution >= 4 is 12.7 Å². The summed E-state index contributed by atoms with van der Waals surface area (Å²) in [5.41, 5.74) is 0.152. The molecule has 122 valence electrons. The van der Waals surface area contributed by atoms with Crippen LogP contribution in [0, 0.1) is 11.6 Å². The van der Waals surface area contributed by atoms with Crippen molar-refractivity contribution in [3.05, 3.63) is 96.1 Å². The normalized spacial score (nSPS) is 13.2. The molecule has 0 amide bonds. The zero-order chi connectivity index (χ0) is 17.0. The lowest BCUT2D eigenvalue weighted by Gasteiger charge is -2.20. The molecular weight excluding hydrogens is 329 g/mol. The lowest BCUT2D eigenvalue weighted by molar-refractivity contribution is 0.489. The summed E-state index contributed by atoms with van der Waals surface area (Å²) < 4.78 is 46.4. The minimum atomic E-state index is -3.42. The topological polar surface area (TPSA) is 26.3 Å². The van der Waals surface area contributed by atoms with Crippen molar-refractivity contribution in [3.63, 3.8) is 0 Å². The Morgan fingerprint density at radius 3 is 2.08 bits per heavy atom. The Hall–Kier alpha value is -2.45. The lowest BCUT2D eigenvalue weighted by atomic mass is 10.2. The fourth-order valence-electron chi connectivity index (χ4n) is 2.36. The maximum Gasteiger partial charge on any atom is 0.281 e. The molecule has 0 aliphatic heterocycles. The summed E-state index contributed by atoms with van der Waals surface area (Å²) >= 11 is 0. The Balaban J connectivity index is 2.00. The van der Waals surface area contributed by atoms with Gasteiger partial charge in [0.2, 0.25) is 0 Å². The van der Waals surface area contributed by atoms with Crippen LogP contribution in [0.15, 0.2) is 78.9 Å². The Kier molecular flexibility index (Phi) is 4.77. The third-order valence-electron chi connectivity index (χ3n) is 3.54. The molecule has 0 heterocycles. The number of hydrogen-bond donors (Lipinski definition) is 0. The van der Waals surface area contributed by atoms with Gasteiger partial charge in [0, 0.05) is 11.4 Å². The average Bonchev–Trinajstić information content (AvgIpc) is 2.59. The average molecular weight is 344 g/mol. The Labute approximate surface area is 139 Å². The predicted molar refractivity (Wildman–Crippen MR) is 90.8 cm³/mol. The molecule has 3 aromatic carbocycles. The molecule has 0 aromatic heterocycles. The molecule has 0 radical (unpaired) electrons. The first-order chi connectivity index (χ1) is 11.6. The van der Waals surface area contributed by atoms with Gasteiger partial charge >= 0.3 is 0 Å². The van der Waals surface area contributed by atoms with E-state index in [1.807, 2.05) is 6.07 Å². The molecule has 0 N–H and O–H groups in total. The monoisotopic (exact) mass is 344 g/mol. The summed E-state index contributed by atoms with van der Waals surface area (Å²) in [5, 5.41) is 0.484. The summed E-state index contributed by atoms with van der Waals surface area (Å²) in [6.45, 7) is 0. The minimum absolute atomic E-state index is 0.152. The van der Waals surface area contributed by atoms with Gasteiger partial charge in [0.15, 0.2) is 0 Å². The first-order valence-electron chi connectivity index (χ1n) is 7.40. The number of para-hydroxylation sites is 1. The molecule has 0 aliphatic rings. The van der Waals surface area contributed by atoms with E-state index < -0.39 is 19.0 Å². The molecule has 1 atom stereocenters. The highest BCUT2D eigenvalue weighted by Crippen LogP contribution is 2.49. The smallest absolute Gasteiger partial charge is 0.281 e. The van der Waals surface area contributed by atoms with Crippen LogP contribution in [0.25, 0.3) is 0 Å². The number of hydrogen-bond acceptors (Lipinski definition) is 2. The van der Waals surface area contributed by atoms with E-state index >= 15 is 0 Å². The summed E-state index contributed by atoms with van der Waals surface area (Å²) in [4.78, 5) is 0. The van der Waals surface area contributed by atoms with Gasteiger partial charge in [-0.05, 0) is 35.9 Å². The van der Waals surface area contributed by atoms with E-state index in [1.54, 1.807) is 54.6 Å². The molecule has 2 nitrogen and oxygen atoms in total. The van der Waals surface area contributed by atoms with Crippen LogP contribution in [-0.4, -0.2) is 0 Å². The van der Waals surface area contributed by atoms with Gasteiger partial charge in [-0.3, -0.25) is 4.57 Å². The minimum Gasteiger partial charge on any atom is -0.440 e. The van der Waals surface area contributed by atoms with Gasteiger partial charge in [-0.15, -0.1) is 0 Å². The van der Waals surface area contributed by atoms with E-state index in [2.05, 4.69) is 0 Å². The lowest BCUT2D eigenvalue weighted by Crippen LogP contribution is -2.12. The van der Waals surface area contributed by atoms with E-state index in [4.69, 9.17) is 4.52 Å².